The fraction of sp³-hybridized carbons (Fsp3) is 0.429. The number of benzene rings is 1. The summed E-state index contributed by atoms with van der Waals surface area (Å²) in [4.78, 5) is 8.38. The van der Waals surface area contributed by atoms with Gasteiger partial charge in [-0.1, -0.05) is 29.8 Å². The van der Waals surface area contributed by atoms with Crippen LogP contribution in [0.5, 0.6) is 11.5 Å². The van der Waals surface area contributed by atoms with E-state index in [2.05, 4.69) is 26.7 Å². The second kappa shape index (κ2) is 12.1. The Bertz CT molecular complexity index is 796. The molecule has 1 aromatic heterocycles. The van der Waals surface area contributed by atoms with Crippen LogP contribution in [0.2, 0.25) is 5.15 Å². The summed E-state index contributed by atoms with van der Waals surface area (Å²) < 4.78 is 11.8. The third-order valence-electron chi connectivity index (χ3n) is 4.79. The summed E-state index contributed by atoms with van der Waals surface area (Å²) >= 11 is 5.83. The molecule has 0 aliphatic heterocycles. The van der Waals surface area contributed by atoms with Crippen LogP contribution in [-0.2, 0) is 13.1 Å². The highest BCUT2D eigenvalue weighted by atomic mass is 127. The summed E-state index contributed by atoms with van der Waals surface area (Å²) in [5.41, 5.74) is 2.07. The number of methoxy groups -OCH3 is 1. The topological polar surface area (TPSA) is 67.8 Å². The monoisotopic (exact) mass is 530 g/mol. The van der Waals surface area contributed by atoms with Crippen LogP contribution in [-0.4, -0.2) is 31.2 Å². The number of hydrogen-bond acceptors (Lipinski definition) is 4. The first-order valence-corrected chi connectivity index (χ1v) is 9.95. The molecule has 0 bridgehead atoms. The number of nitrogens with zero attached hydrogens (tertiary/aromatic N) is 2. The molecule has 1 saturated carbocycles. The molecule has 3 rings (SSSR count). The van der Waals surface area contributed by atoms with E-state index in [1.165, 1.54) is 12.8 Å². The molecular weight excluding hydrogens is 503 g/mol. The number of ether oxygens (including phenoxy) is 2. The lowest BCUT2D eigenvalue weighted by molar-refractivity contribution is 0.198. The Morgan fingerprint density at radius 2 is 1.93 bits per heavy atom. The molecule has 8 heteroatoms. The smallest absolute Gasteiger partial charge is 0.191 e. The quantitative estimate of drug-likeness (QED) is 0.238. The van der Waals surface area contributed by atoms with Crippen LogP contribution >= 0.6 is 35.6 Å². The van der Waals surface area contributed by atoms with Crippen LogP contribution in [0, 0.1) is 0 Å². The van der Waals surface area contributed by atoms with Gasteiger partial charge in [0, 0.05) is 31.9 Å². The van der Waals surface area contributed by atoms with Crippen LogP contribution in [0.25, 0.3) is 0 Å². The van der Waals surface area contributed by atoms with Crippen molar-refractivity contribution in [1.82, 2.24) is 15.6 Å². The third kappa shape index (κ3) is 6.92. The van der Waals surface area contributed by atoms with E-state index in [0.717, 1.165) is 35.5 Å². The lowest BCUT2D eigenvalue weighted by Gasteiger charge is -2.20. The van der Waals surface area contributed by atoms with Gasteiger partial charge in [0.2, 0.25) is 0 Å². The standard InChI is InChI=1S/C21H27ClN4O2.HI/c1-23-21(25-13-15-10-11-19(22)24-12-15)26-14-16-6-5-9-18(27-2)20(16)28-17-7-3-4-8-17;/h5-6,9-12,17H,3-4,7-8,13-14H2,1-2H3,(H2,23,25,26);1H. The van der Waals surface area contributed by atoms with Crippen molar-refractivity contribution in [2.45, 2.75) is 44.9 Å². The van der Waals surface area contributed by atoms with E-state index in [0.29, 0.717) is 24.2 Å². The van der Waals surface area contributed by atoms with E-state index in [1.54, 1.807) is 26.4 Å². The van der Waals surface area contributed by atoms with E-state index in [-0.39, 0.29) is 30.1 Å². The molecule has 1 fully saturated rings. The van der Waals surface area contributed by atoms with E-state index in [1.807, 2.05) is 18.2 Å². The number of rotatable bonds is 7. The van der Waals surface area contributed by atoms with E-state index < -0.39 is 0 Å². The molecular formula is C21H28ClIN4O2. The first-order valence-electron chi connectivity index (χ1n) is 9.57. The van der Waals surface area contributed by atoms with E-state index in [4.69, 9.17) is 21.1 Å². The largest absolute Gasteiger partial charge is 0.493 e. The lowest BCUT2D eigenvalue weighted by Crippen LogP contribution is -2.36. The maximum atomic E-state index is 6.29. The molecule has 1 aliphatic carbocycles. The van der Waals surface area contributed by atoms with Crippen molar-refractivity contribution >= 4 is 41.5 Å². The number of para-hydroxylation sites is 1. The number of pyridine rings is 1. The van der Waals surface area contributed by atoms with E-state index >= 15 is 0 Å². The minimum absolute atomic E-state index is 0. The Labute approximate surface area is 194 Å². The summed E-state index contributed by atoms with van der Waals surface area (Å²) in [6.45, 7) is 1.19. The predicted molar refractivity (Wildman–Crippen MR) is 128 cm³/mol. The molecule has 0 radical (unpaired) electrons. The molecule has 0 atom stereocenters. The van der Waals surface area contributed by atoms with Gasteiger partial charge in [-0.05, 0) is 43.4 Å². The fourth-order valence-corrected chi connectivity index (χ4v) is 3.38. The SMILES string of the molecule is CN=C(NCc1ccc(Cl)nc1)NCc1cccc(OC)c1OC1CCCC1.I. The van der Waals surface area contributed by atoms with Crippen molar-refractivity contribution in [3.05, 3.63) is 52.8 Å². The molecule has 1 aliphatic rings. The Morgan fingerprint density at radius 1 is 1.17 bits per heavy atom. The van der Waals surface area contributed by atoms with Gasteiger partial charge >= 0.3 is 0 Å². The lowest BCUT2D eigenvalue weighted by atomic mass is 10.1. The maximum absolute atomic E-state index is 6.29. The van der Waals surface area contributed by atoms with Crippen molar-refractivity contribution in [2.24, 2.45) is 4.99 Å². The number of aliphatic imine (C=N–C) groups is 1. The summed E-state index contributed by atoms with van der Waals surface area (Å²) in [5.74, 6) is 2.28. The minimum atomic E-state index is 0. The zero-order chi connectivity index (χ0) is 19.8. The van der Waals surface area contributed by atoms with Crippen molar-refractivity contribution in [3.63, 3.8) is 0 Å². The first kappa shape index (κ1) is 23.5. The summed E-state index contributed by atoms with van der Waals surface area (Å²) in [7, 11) is 3.42. The average molecular weight is 531 g/mol. The number of hydrogen-bond donors (Lipinski definition) is 2. The molecule has 1 aromatic carbocycles. The van der Waals surface area contributed by atoms with Crippen LogP contribution < -0.4 is 20.1 Å². The Hall–Kier alpha value is -1.74. The van der Waals surface area contributed by atoms with Gasteiger partial charge in [-0.3, -0.25) is 4.99 Å². The molecule has 2 N–H and O–H groups in total. The van der Waals surface area contributed by atoms with Gasteiger partial charge in [-0.25, -0.2) is 4.98 Å². The Kier molecular flexibility index (Phi) is 9.80. The van der Waals surface area contributed by atoms with Gasteiger partial charge in [-0.2, -0.15) is 0 Å². The highest BCUT2D eigenvalue weighted by Crippen LogP contribution is 2.34. The molecule has 158 valence electrons. The molecule has 0 saturated heterocycles. The molecule has 29 heavy (non-hydrogen) atoms. The molecule has 1 heterocycles. The Balaban J connectivity index is 0.00000300. The normalized spacial score (nSPS) is 14.2. The summed E-state index contributed by atoms with van der Waals surface area (Å²) in [6, 6.07) is 9.68. The number of aromatic nitrogens is 1. The summed E-state index contributed by atoms with van der Waals surface area (Å²) in [6.07, 6.45) is 6.67. The van der Waals surface area contributed by atoms with Gasteiger partial charge < -0.3 is 20.1 Å². The van der Waals surface area contributed by atoms with Gasteiger partial charge in [-0.15, -0.1) is 24.0 Å². The second-order valence-electron chi connectivity index (χ2n) is 6.74. The van der Waals surface area contributed by atoms with Crippen molar-refractivity contribution in [3.8, 4) is 11.5 Å². The first-order chi connectivity index (χ1) is 13.7. The molecule has 0 spiro atoms. The van der Waals surface area contributed by atoms with E-state index in [9.17, 15) is 0 Å². The zero-order valence-corrected chi connectivity index (χ0v) is 19.9. The third-order valence-corrected chi connectivity index (χ3v) is 5.01. The Morgan fingerprint density at radius 3 is 2.59 bits per heavy atom. The molecule has 0 amide bonds. The van der Waals surface area contributed by atoms with Crippen molar-refractivity contribution in [1.29, 1.82) is 0 Å². The number of nitrogens with one attached hydrogen (secondary N) is 2. The fourth-order valence-electron chi connectivity index (χ4n) is 3.26. The van der Waals surface area contributed by atoms with Crippen molar-refractivity contribution in [2.75, 3.05) is 14.2 Å². The highest BCUT2D eigenvalue weighted by molar-refractivity contribution is 14.0. The van der Waals surface area contributed by atoms with Crippen LogP contribution in [0.15, 0.2) is 41.5 Å². The minimum Gasteiger partial charge on any atom is -0.493 e. The van der Waals surface area contributed by atoms with Gasteiger partial charge in [0.15, 0.2) is 17.5 Å². The molecule has 2 aromatic rings. The average Bonchev–Trinajstić information content (AvgIpc) is 3.23. The van der Waals surface area contributed by atoms with Crippen LogP contribution in [0.4, 0.5) is 0 Å². The van der Waals surface area contributed by atoms with Crippen LogP contribution in [0.1, 0.15) is 36.8 Å². The van der Waals surface area contributed by atoms with Gasteiger partial charge in [0.1, 0.15) is 5.15 Å². The zero-order valence-electron chi connectivity index (χ0n) is 16.8. The highest BCUT2D eigenvalue weighted by Gasteiger charge is 2.20. The van der Waals surface area contributed by atoms with Crippen LogP contribution in [0.3, 0.4) is 0 Å². The molecule has 0 unspecified atom stereocenters. The second-order valence-corrected chi connectivity index (χ2v) is 7.13. The predicted octanol–water partition coefficient (Wildman–Crippen LogP) is 4.55. The number of guanidine groups is 1. The summed E-state index contributed by atoms with van der Waals surface area (Å²) in [5, 5.41) is 7.11. The molecule has 6 nitrogen and oxygen atoms in total. The van der Waals surface area contributed by atoms with Crippen molar-refractivity contribution < 1.29 is 9.47 Å². The number of halogens is 2. The van der Waals surface area contributed by atoms with Gasteiger partial charge in [0.25, 0.3) is 0 Å². The maximum Gasteiger partial charge on any atom is 0.191 e. The van der Waals surface area contributed by atoms with Gasteiger partial charge in [0.05, 0.1) is 13.2 Å².